The van der Waals surface area contributed by atoms with Gasteiger partial charge in [0.1, 0.15) is 5.75 Å². The van der Waals surface area contributed by atoms with Gasteiger partial charge < -0.3 is 4.74 Å². The Balaban J connectivity index is 2.17. The highest BCUT2D eigenvalue weighted by Crippen LogP contribution is 2.28. The molecule has 1 heterocycles. The molecule has 7 heteroatoms. The summed E-state index contributed by atoms with van der Waals surface area (Å²) in [5, 5.41) is 0. The Morgan fingerprint density at radius 1 is 1.19 bits per heavy atom. The van der Waals surface area contributed by atoms with Gasteiger partial charge in [-0.2, -0.15) is 18.2 Å². The van der Waals surface area contributed by atoms with Crippen molar-refractivity contribution < 1.29 is 22.7 Å². The number of carbonyl (C=O) groups is 1. The van der Waals surface area contributed by atoms with Crippen molar-refractivity contribution in [3.05, 3.63) is 47.8 Å². The Morgan fingerprint density at radius 3 is 2.43 bits per heavy atom. The van der Waals surface area contributed by atoms with Crippen LogP contribution < -0.4 is 4.74 Å². The second-order valence-corrected chi connectivity index (χ2v) is 4.13. The fourth-order valence-corrected chi connectivity index (χ4v) is 1.57. The van der Waals surface area contributed by atoms with Crippen LogP contribution in [0.15, 0.2) is 36.5 Å². The maximum absolute atomic E-state index is 12.5. The van der Waals surface area contributed by atoms with Crippen LogP contribution in [0, 0.1) is 0 Å². The van der Waals surface area contributed by atoms with Crippen LogP contribution in [0.1, 0.15) is 29.4 Å². The maximum Gasteiger partial charge on any atom is 0.433 e. The van der Waals surface area contributed by atoms with Crippen molar-refractivity contribution in [2.75, 3.05) is 0 Å². The largest absolute Gasteiger partial charge is 0.433 e. The number of hydrogen-bond acceptors (Lipinski definition) is 4. The SMILES string of the molecule is CCC(=O)c1ccc(Oc2nccc(C(F)(F)F)n2)cc1. The maximum atomic E-state index is 12.5. The topological polar surface area (TPSA) is 52.1 Å². The predicted molar refractivity (Wildman–Crippen MR) is 68.2 cm³/mol. The zero-order valence-electron chi connectivity index (χ0n) is 11.0. The lowest BCUT2D eigenvalue weighted by Gasteiger charge is -2.08. The van der Waals surface area contributed by atoms with Crippen LogP contribution in [0.4, 0.5) is 13.2 Å². The summed E-state index contributed by atoms with van der Waals surface area (Å²) < 4.78 is 42.7. The molecule has 2 aromatic rings. The highest BCUT2D eigenvalue weighted by molar-refractivity contribution is 5.95. The van der Waals surface area contributed by atoms with Crippen molar-refractivity contribution in [1.29, 1.82) is 0 Å². The number of aromatic nitrogens is 2. The van der Waals surface area contributed by atoms with E-state index in [1.807, 2.05) is 0 Å². The summed E-state index contributed by atoms with van der Waals surface area (Å²) in [6, 6.07) is 6.39. The summed E-state index contributed by atoms with van der Waals surface area (Å²) >= 11 is 0. The molecule has 0 unspecified atom stereocenters. The zero-order valence-corrected chi connectivity index (χ0v) is 11.0. The minimum Gasteiger partial charge on any atom is -0.424 e. The van der Waals surface area contributed by atoms with Crippen LogP contribution >= 0.6 is 0 Å². The summed E-state index contributed by atoms with van der Waals surface area (Å²) in [7, 11) is 0. The second-order valence-electron chi connectivity index (χ2n) is 4.13. The van der Waals surface area contributed by atoms with E-state index in [2.05, 4.69) is 9.97 Å². The number of ketones is 1. The van der Waals surface area contributed by atoms with E-state index in [4.69, 9.17) is 4.74 Å². The van der Waals surface area contributed by atoms with Gasteiger partial charge in [0.25, 0.3) is 0 Å². The van der Waals surface area contributed by atoms with E-state index in [0.717, 1.165) is 12.3 Å². The molecule has 0 bridgehead atoms. The number of halogens is 3. The summed E-state index contributed by atoms with van der Waals surface area (Å²) in [4.78, 5) is 18.4. The molecule has 1 aromatic carbocycles. The molecule has 4 nitrogen and oxygen atoms in total. The smallest absolute Gasteiger partial charge is 0.424 e. The van der Waals surface area contributed by atoms with Crippen molar-refractivity contribution in [3.63, 3.8) is 0 Å². The number of carbonyl (C=O) groups excluding carboxylic acids is 1. The van der Waals surface area contributed by atoms with Crippen molar-refractivity contribution in [3.8, 4) is 11.8 Å². The molecule has 0 atom stereocenters. The number of alkyl halides is 3. The molecular weight excluding hydrogens is 285 g/mol. The van der Waals surface area contributed by atoms with Gasteiger partial charge in [-0.15, -0.1) is 0 Å². The predicted octanol–water partition coefficient (Wildman–Crippen LogP) is 3.88. The first-order chi connectivity index (χ1) is 9.90. The van der Waals surface area contributed by atoms with Gasteiger partial charge in [0.2, 0.25) is 0 Å². The fourth-order valence-electron chi connectivity index (χ4n) is 1.57. The van der Waals surface area contributed by atoms with Gasteiger partial charge in [0, 0.05) is 18.2 Å². The average molecular weight is 296 g/mol. The van der Waals surface area contributed by atoms with Crippen LogP contribution in [-0.2, 0) is 6.18 Å². The Labute approximate surface area is 118 Å². The molecular formula is C14H11F3N2O2. The number of benzene rings is 1. The third-order valence-electron chi connectivity index (χ3n) is 2.63. The molecule has 0 saturated carbocycles. The van der Waals surface area contributed by atoms with E-state index < -0.39 is 17.9 Å². The van der Waals surface area contributed by atoms with Gasteiger partial charge in [-0.1, -0.05) is 6.92 Å². The standard InChI is InChI=1S/C14H11F3N2O2/c1-2-11(20)9-3-5-10(6-4-9)21-13-18-8-7-12(19-13)14(15,16)17/h3-8H,2H2,1H3. The molecule has 0 N–H and O–H groups in total. The molecule has 0 aliphatic rings. The number of nitrogens with zero attached hydrogens (tertiary/aromatic N) is 2. The minimum atomic E-state index is -4.56. The van der Waals surface area contributed by atoms with Gasteiger partial charge >= 0.3 is 12.2 Å². The van der Waals surface area contributed by atoms with E-state index in [0.29, 0.717) is 12.0 Å². The summed E-state index contributed by atoms with van der Waals surface area (Å²) in [5.41, 5.74) is -0.569. The van der Waals surface area contributed by atoms with E-state index in [1.165, 1.54) is 24.3 Å². The molecule has 1 aromatic heterocycles. The molecule has 0 amide bonds. The third-order valence-corrected chi connectivity index (χ3v) is 2.63. The van der Waals surface area contributed by atoms with Crippen molar-refractivity contribution in [1.82, 2.24) is 9.97 Å². The normalized spacial score (nSPS) is 11.2. The zero-order chi connectivity index (χ0) is 15.5. The van der Waals surface area contributed by atoms with Gasteiger partial charge in [0.15, 0.2) is 11.5 Å². The molecule has 110 valence electrons. The Kier molecular flexibility index (Phi) is 4.21. The molecule has 0 fully saturated rings. The van der Waals surface area contributed by atoms with Crippen LogP contribution in [0.3, 0.4) is 0 Å². The van der Waals surface area contributed by atoms with Crippen LogP contribution in [-0.4, -0.2) is 15.8 Å². The Bertz CT molecular complexity index is 639. The van der Waals surface area contributed by atoms with Crippen LogP contribution in [0.5, 0.6) is 11.8 Å². The Morgan fingerprint density at radius 2 is 1.86 bits per heavy atom. The number of Topliss-reactive ketones (excluding diaryl/α,β-unsaturated/α-hetero) is 1. The Hall–Kier alpha value is -2.44. The number of rotatable bonds is 4. The molecule has 0 radical (unpaired) electrons. The molecule has 2 rings (SSSR count). The van der Waals surface area contributed by atoms with Gasteiger partial charge in [-0.3, -0.25) is 4.79 Å². The number of hydrogen-bond donors (Lipinski definition) is 0. The molecule has 0 aliphatic heterocycles. The van der Waals surface area contributed by atoms with E-state index in [9.17, 15) is 18.0 Å². The van der Waals surface area contributed by atoms with E-state index in [-0.39, 0.29) is 11.5 Å². The third kappa shape index (κ3) is 3.77. The first-order valence-electron chi connectivity index (χ1n) is 6.11. The monoisotopic (exact) mass is 296 g/mol. The molecule has 0 spiro atoms. The van der Waals surface area contributed by atoms with E-state index in [1.54, 1.807) is 6.92 Å². The summed E-state index contributed by atoms with van der Waals surface area (Å²) in [6.45, 7) is 1.74. The van der Waals surface area contributed by atoms with Crippen molar-refractivity contribution >= 4 is 5.78 Å². The average Bonchev–Trinajstić information content (AvgIpc) is 2.47. The number of ether oxygens (including phenoxy) is 1. The first-order valence-corrected chi connectivity index (χ1v) is 6.11. The van der Waals surface area contributed by atoms with E-state index >= 15 is 0 Å². The van der Waals surface area contributed by atoms with Crippen molar-refractivity contribution in [2.24, 2.45) is 0 Å². The lowest BCUT2D eigenvalue weighted by molar-refractivity contribution is -0.141. The van der Waals surface area contributed by atoms with Crippen molar-refractivity contribution in [2.45, 2.75) is 19.5 Å². The lowest BCUT2D eigenvalue weighted by atomic mass is 10.1. The lowest BCUT2D eigenvalue weighted by Crippen LogP contribution is -2.08. The van der Waals surface area contributed by atoms with Crippen LogP contribution in [0.25, 0.3) is 0 Å². The highest BCUT2D eigenvalue weighted by atomic mass is 19.4. The second kappa shape index (κ2) is 5.90. The van der Waals surface area contributed by atoms with Crippen LogP contribution in [0.2, 0.25) is 0 Å². The molecule has 0 saturated heterocycles. The molecule has 21 heavy (non-hydrogen) atoms. The van der Waals surface area contributed by atoms with Gasteiger partial charge in [-0.05, 0) is 30.3 Å². The van der Waals surface area contributed by atoms with Gasteiger partial charge in [-0.25, -0.2) is 4.98 Å². The quantitative estimate of drug-likeness (QED) is 0.803. The highest BCUT2D eigenvalue weighted by Gasteiger charge is 2.33. The minimum absolute atomic E-state index is 0.0307. The van der Waals surface area contributed by atoms with Gasteiger partial charge in [0.05, 0.1) is 0 Å². The summed E-state index contributed by atoms with van der Waals surface area (Å²) in [5.74, 6) is 0.221. The summed E-state index contributed by atoms with van der Waals surface area (Å²) in [6.07, 6.45) is -3.21. The molecule has 0 aliphatic carbocycles. The fraction of sp³-hybridized carbons (Fsp3) is 0.214. The first kappa shape index (κ1) is 15.0.